The summed E-state index contributed by atoms with van der Waals surface area (Å²) in [5.74, 6) is 3.43. The Hall–Kier alpha value is -1.29. The lowest BCUT2D eigenvalue weighted by Crippen LogP contribution is -2.62. The fraction of sp³-hybridized carbons (Fsp3) is 0.684. The van der Waals surface area contributed by atoms with E-state index in [0.29, 0.717) is 29.9 Å². The fourth-order valence-corrected chi connectivity index (χ4v) is 6.10. The normalized spacial score (nSPS) is 37.4. The van der Waals surface area contributed by atoms with E-state index in [9.17, 15) is 4.79 Å². The van der Waals surface area contributed by atoms with Crippen molar-refractivity contribution >= 4 is 17.5 Å². The second-order valence-corrected chi connectivity index (χ2v) is 8.90. The van der Waals surface area contributed by atoms with Crippen molar-refractivity contribution in [3.8, 4) is 5.88 Å². The number of hydrogen-bond acceptors (Lipinski definition) is 3. The van der Waals surface area contributed by atoms with Crippen LogP contribution in [-0.4, -0.2) is 35.0 Å². The fourth-order valence-electron chi connectivity index (χ4n) is 5.99. The van der Waals surface area contributed by atoms with Gasteiger partial charge in [-0.25, -0.2) is 4.98 Å². The molecule has 0 radical (unpaired) electrons. The van der Waals surface area contributed by atoms with Crippen LogP contribution in [0.4, 0.5) is 0 Å². The van der Waals surface area contributed by atoms with Crippen LogP contribution < -0.4 is 4.74 Å². The molecule has 0 unspecified atom stereocenters. The van der Waals surface area contributed by atoms with Crippen molar-refractivity contribution in [3.63, 3.8) is 0 Å². The van der Waals surface area contributed by atoms with Crippen LogP contribution in [0.1, 0.15) is 38.5 Å². The van der Waals surface area contributed by atoms with Gasteiger partial charge in [-0.1, -0.05) is 11.6 Å². The Morgan fingerprint density at radius 3 is 2.29 bits per heavy atom. The van der Waals surface area contributed by atoms with Crippen LogP contribution in [0.25, 0.3) is 0 Å². The molecular weight excluding hydrogens is 324 g/mol. The highest BCUT2D eigenvalue weighted by atomic mass is 35.5. The number of nitrogens with zero attached hydrogens (tertiary/aromatic N) is 2. The maximum absolute atomic E-state index is 13.2. The summed E-state index contributed by atoms with van der Waals surface area (Å²) < 4.78 is 5.84. The van der Waals surface area contributed by atoms with Crippen molar-refractivity contribution < 1.29 is 9.53 Å². The van der Waals surface area contributed by atoms with Crippen LogP contribution in [0, 0.1) is 23.2 Å². The van der Waals surface area contributed by atoms with Gasteiger partial charge in [-0.15, -0.1) is 0 Å². The maximum Gasteiger partial charge on any atom is 0.229 e. The molecule has 0 spiro atoms. The number of likely N-dealkylation sites (tertiary alicyclic amines) is 1. The number of aromatic nitrogens is 1. The summed E-state index contributed by atoms with van der Waals surface area (Å²) in [7, 11) is 0. The lowest BCUT2D eigenvalue weighted by Gasteiger charge is -2.57. The van der Waals surface area contributed by atoms with E-state index in [1.165, 1.54) is 19.3 Å². The summed E-state index contributed by atoms with van der Waals surface area (Å²) in [6, 6.07) is 3.56. The summed E-state index contributed by atoms with van der Waals surface area (Å²) in [6.07, 6.45) is 9.20. The Bertz CT molecular complexity index is 619. The molecular formula is C19H23ClN2O2. The highest BCUT2D eigenvalue weighted by molar-refractivity contribution is 6.30. The van der Waals surface area contributed by atoms with Crippen LogP contribution in [0.5, 0.6) is 5.88 Å². The zero-order valence-electron chi connectivity index (χ0n) is 13.8. The SMILES string of the molecule is O=C(N1CC(Oc2ccc(Cl)cn2)C1)C12CC3CC(CC(C3)C1)C2. The Morgan fingerprint density at radius 1 is 1.12 bits per heavy atom. The molecule has 4 bridgehead atoms. The van der Waals surface area contributed by atoms with Gasteiger partial charge < -0.3 is 9.64 Å². The van der Waals surface area contributed by atoms with Crippen LogP contribution >= 0.6 is 11.6 Å². The first-order valence-electron chi connectivity index (χ1n) is 9.17. The molecule has 2 heterocycles. The van der Waals surface area contributed by atoms with Gasteiger partial charge in [0, 0.05) is 12.3 Å². The number of carbonyl (C=O) groups is 1. The third-order valence-corrected chi connectivity index (χ3v) is 6.84. The maximum atomic E-state index is 13.2. The molecule has 1 aromatic rings. The van der Waals surface area contributed by atoms with Gasteiger partial charge in [0.1, 0.15) is 6.10 Å². The molecule has 5 aliphatic rings. The van der Waals surface area contributed by atoms with Crippen LogP contribution in [0.2, 0.25) is 5.02 Å². The summed E-state index contributed by atoms with van der Waals surface area (Å²) in [5.41, 5.74) is -0.0295. The molecule has 4 saturated carbocycles. The minimum absolute atomic E-state index is 0.0295. The largest absolute Gasteiger partial charge is 0.471 e. The molecule has 4 nitrogen and oxygen atoms in total. The molecule has 5 heteroatoms. The zero-order valence-corrected chi connectivity index (χ0v) is 14.5. The predicted molar refractivity (Wildman–Crippen MR) is 90.8 cm³/mol. The van der Waals surface area contributed by atoms with Crippen molar-refractivity contribution in [3.05, 3.63) is 23.4 Å². The first kappa shape index (κ1) is 15.0. The second-order valence-electron chi connectivity index (χ2n) is 8.46. The van der Waals surface area contributed by atoms with Gasteiger partial charge in [0.2, 0.25) is 11.8 Å². The van der Waals surface area contributed by atoms with E-state index in [1.807, 2.05) is 4.90 Å². The highest BCUT2D eigenvalue weighted by Gasteiger charge is 2.56. The third kappa shape index (κ3) is 2.42. The van der Waals surface area contributed by atoms with Gasteiger partial charge in [-0.05, 0) is 62.3 Å². The van der Waals surface area contributed by atoms with Crippen LogP contribution in [0.3, 0.4) is 0 Å². The average molecular weight is 347 g/mol. The van der Waals surface area contributed by atoms with Crippen molar-refractivity contribution in [2.75, 3.05) is 13.1 Å². The van der Waals surface area contributed by atoms with E-state index < -0.39 is 0 Å². The van der Waals surface area contributed by atoms with E-state index in [2.05, 4.69) is 4.98 Å². The second kappa shape index (κ2) is 5.35. The van der Waals surface area contributed by atoms with Crippen molar-refractivity contribution in [1.82, 2.24) is 9.88 Å². The van der Waals surface area contributed by atoms with E-state index in [4.69, 9.17) is 16.3 Å². The van der Waals surface area contributed by atoms with Gasteiger partial charge in [0.05, 0.1) is 23.5 Å². The average Bonchev–Trinajstić information content (AvgIpc) is 2.50. The van der Waals surface area contributed by atoms with Crippen molar-refractivity contribution in [2.45, 2.75) is 44.6 Å². The number of carbonyl (C=O) groups excluding carboxylic acids is 1. The number of halogens is 1. The Morgan fingerprint density at radius 2 is 1.75 bits per heavy atom. The zero-order chi connectivity index (χ0) is 16.3. The number of amides is 1. The van der Waals surface area contributed by atoms with Crippen molar-refractivity contribution in [2.24, 2.45) is 23.2 Å². The van der Waals surface area contributed by atoms with E-state index >= 15 is 0 Å². The summed E-state index contributed by atoms with van der Waals surface area (Å²) in [5, 5.41) is 0.606. The van der Waals surface area contributed by atoms with Gasteiger partial charge in [-0.2, -0.15) is 0 Å². The van der Waals surface area contributed by atoms with Gasteiger partial charge in [-0.3, -0.25) is 4.79 Å². The van der Waals surface area contributed by atoms with E-state index in [0.717, 1.165) is 37.0 Å². The molecule has 1 aliphatic heterocycles. The van der Waals surface area contributed by atoms with Gasteiger partial charge in [0.15, 0.2) is 0 Å². The van der Waals surface area contributed by atoms with E-state index in [1.54, 1.807) is 18.3 Å². The van der Waals surface area contributed by atoms with Gasteiger partial charge in [0.25, 0.3) is 0 Å². The Balaban J connectivity index is 1.22. The minimum atomic E-state index is -0.0295. The molecule has 4 aliphatic carbocycles. The van der Waals surface area contributed by atoms with Crippen LogP contribution in [0.15, 0.2) is 18.3 Å². The number of pyridine rings is 1. The number of hydrogen-bond donors (Lipinski definition) is 0. The molecule has 1 amide bonds. The van der Waals surface area contributed by atoms with Gasteiger partial charge >= 0.3 is 0 Å². The first-order chi connectivity index (χ1) is 11.6. The molecule has 1 aromatic heterocycles. The molecule has 6 rings (SSSR count). The lowest BCUT2D eigenvalue weighted by atomic mass is 9.49. The minimum Gasteiger partial charge on any atom is -0.471 e. The molecule has 0 N–H and O–H groups in total. The summed E-state index contributed by atoms with van der Waals surface area (Å²) in [6.45, 7) is 1.40. The first-order valence-corrected chi connectivity index (χ1v) is 9.55. The number of ether oxygens (including phenoxy) is 1. The highest BCUT2D eigenvalue weighted by Crippen LogP contribution is 2.60. The third-order valence-electron chi connectivity index (χ3n) is 6.61. The monoisotopic (exact) mass is 346 g/mol. The molecule has 0 aromatic carbocycles. The standard InChI is InChI=1S/C19H23ClN2O2/c20-15-1-2-17(21-9-15)24-16-10-22(11-16)18(23)19-6-12-3-13(7-19)5-14(4-12)8-19/h1-2,9,12-14,16H,3-8,10-11H2. The predicted octanol–water partition coefficient (Wildman–Crippen LogP) is 3.54. The summed E-state index contributed by atoms with van der Waals surface area (Å²) >= 11 is 5.84. The quantitative estimate of drug-likeness (QED) is 0.840. The lowest BCUT2D eigenvalue weighted by molar-refractivity contribution is -0.166. The molecule has 128 valence electrons. The Kier molecular flexibility index (Phi) is 3.35. The molecule has 5 fully saturated rings. The van der Waals surface area contributed by atoms with Crippen molar-refractivity contribution in [1.29, 1.82) is 0 Å². The topological polar surface area (TPSA) is 42.4 Å². The molecule has 1 saturated heterocycles. The molecule has 24 heavy (non-hydrogen) atoms. The summed E-state index contributed by atoms with van der Waals surface area (Å²) in [4.78, 5) is 19.3. The molecule has 0 atom stereocenters. The smallest absolute Gasteiger partial charge is 0.229 e. The van der Waals surface area contributed by atoms with E-state index in [-0.39, 0.29) is 11.5 Å². The van der Waals surface area contributed by atoms with Crippen LogP contribution in [-0.2, 0) is 4.79 Å². The Labute approximate surface area is 147 Å². The number of rotatable bonds is 3.